The van der Waals surface area contributed by atoms with Crippen molar-refractivity contribution in [2.75, 3.05) is 6.61 Å². The summed E-state index contributed by atoms with van der Waals surface area (Å²) in [7, 11) is 0. The second-order valence-corrected chi connectivity index (χ2v) is 4.19. The van der Waals surface area contributed by atoms with Crippen LogP contribution in [0.4, 0.5) is 0 Å². The predicted molar refractivity (Wildman–Crippen MR) is 47.6 cm³/mol. The maximum Gasteiger partial charge on any atom is 0.0706 e. The summed E-state index contributed by atoms with van der Waals surface area (Å²) in [5.41, 5.74) is 0.208. The van der Waals surface area contributed by atoms with Gasteiger partial charge in [0.1, 0.15) is 0 Å². The number of hydrogen-bond donors (Lipinski definition) is 0. The summed E-state index contributed by atoms with van der Waals surface area (Å²) in [4.78, 5) is 0. The Morgan fingerprint density at radius 2 is 2.18 bits per heavy atom. The van der Waals surface area contributed by atoms with Gasteiger partial charge in [-0.3, -0.25) is 0 Å². The van der Waals surface area contributed by atoms with Gasteiger partial charge in [-0.25, -0.2) is 0 Å². The average Bonchev–Trinajstić information content (AvgIpc) is 2.33. The molecule has 1 fully saturated rings. The Bertz CT molecular complexity index is 131. The minimum atomic E-state index is 0.208. The Hall–Kier alpha value is -0.0400. The molecule has 1 aliphatic rings. The van der Waals surface area contributed by atoms with Gasteiger partial charge in [0, 0.05) is 6.61 Å². The van der Waals surface area contributed by atoms with Gasteiger partial charge in [0.25, 0.3) is 0 Å². The van der Waals surface area contributed by atoms with Gasteiger partial charge in [0.15, 0.2) is 0 Å². The number of hydrogen-bond acceptors (Lipinski definition) is 1. The van der Waals surface area contributed by atoms with Crippen molar-refractivity contribution in [2.45, 2.75) is 46.1 Å². The molecule has 0 aromatic heterocycles. The van der Waals surface area contributed by atoms with Gasteiger partial charge < -0.3 is 4.74 Å². The Kier molecular flexibility index (Phi) is 2.58. The first kappa shape index (κ1) is 9.05. The standard InChI is InChI=1S/C10H20O/c1-5-10(8(2)3)6-9(4)7-11-10/h8-9H,5-7H2,1-4H3. The molecule has 1 aliphatic heterocycles. The van der Waals surface area contributed by atoms with E-state index in [4.69, 9.17) is 4.74 Å². The van der Waals surface area contributed by atoms with Gasteiger partial charge in [-0.05, 0) is 24.7 Å². The van der Waals surface area contributed by atoms with E-state index in [0.717, 1.165) is 18.9 Å². The predicted octanol–water partition coefficient (Wildman–Crippen LogP) is 2.85. The van der Waals surface area contributed by atoms with Crippen LogP contribution in [0.2, 0.25) is 0 Å². The van der Waals surface area contributed by atoms with Gasteiger partial charge in [-0.1, -0.05) is 27.7 Å². The van der Waals surface area contributed by atoms with Gasteiger partial charge >= 0.3 is 0 Å². The minimum Gasteiger partial charge on any atom is -0.374 e. The van der Waals surface area contributed by atoms with E-state index in [9.17, 15) is 0 Å². The monoisotopic (exact) mass is 156 g/mol. The lowest BCUT2D eigenvalue weighted by atomic mass is 9.83. The summed E-state index contributed by atoms with van der Waals surface area (Å²) in [5.74, 6) is 1.43. The maximum atomic E-state index is 5.86. The van der Waals surface area contributed by atoms with Crippen molar-refractivity contribution < 1.29 is 4.74 Å². The number of ether oxygens (including phenoxy) is 1. The third-order valence-corrected chi connectivity index (χ3v) is 3.00. The van der Waals surface area contributed by atoms with Crippen molar-refractivity contribution in [3.63, 3.8) is 0 Å². The van der Waals surface area contributed by atoms with E-state index >= 15 is 0 Å². The van der Waals surface area contributed by atoms with E-state index < -0.39 is 0 Å². The van der Waals surface area contributed by atoms with E-state index in [0.29, 0.717) is 5.92 Å². The van der Waals surface area contributed by atoms with Gasteiger partial charge in [-0.15, -0.1) is 0 Å². The first-order valence-electron chi connectivity index (χ1n) is 4.74. The van der Waals surface area contributed by atoms with Crippen LogP contribution in [0.5, 0.6) is 0 Å². The molecule has 1 heteroatoms. The van der Waals surface area contributed by atoms with Crippen molar-refractivity contribution in [3.05, 3.63) is 0 Å². The van der Waals surface area contributed by atoms with Crippen LogP contribution in [0.25, 0.3) is 0 Å². The van der Waals surface area contributed by atoms with Crippen LogP contribution in [0.15, 0.2) is 0 Å². The molecule has 0 radical (unpaired) electrons. The molecule has 0 aromatic carbocycles. The molecule has 11 heavy (non-hydrogen) atoms. The maximum absolute atomic E-state index is 5.86. The summed E-state index contributed by atoms with van der Waals surface area (Å²) in [6.45, 7) is 10.0. The second-order valence-electron chi connectivity index (χ2n) is 4.19. The third kappa shape index (κ3) is 1.58. The fourth-order valence-electron chi connectivity index (χ4n) is 2.07. The van der Waals surface area contributed by atoms with Crippen LogP contribution in [0.3, 0.4) is 0 Å². The SMILES string of the molecule is CCC1(C(C)C)CC(C)CO1. The number of rotatable bonds is 2. The van der Waals surface area contributed by atoms with Crippen LogP contribution >= 0.6 is 0 Å². The smallest absolute Gasteiger partial charge is 0.0706 e. The lowest BCUT2D eigenvalue weighted by Crippen LogP contribution is -2.33. The van der Waals surface area contributed by atoms with Crippen molar-refractivity contribution in [3.8, 4) is 0 Å². The molecular formula is C10H20O. The summed E-state index contributed by atoms with van der Waals surface area (Å²) >= 11 is 0. The highest BCUT2D eigenvalue weighted by Gasteiger charge is 2.39. The van der Waals surface area contributed by atoms with Crippen LogP contribution in [-0.2, 0) is 4.74 Å². The zero-order chi connectivity index (χ0) is 8.48. The molecular weight excluding hydrogens is 136 g/mol. The third-order valence-electron chi connectivity index (χ3n) is 3.00. The van der Waals surface area contributed by atoms with Crippen LogP contribution in [0.1, 0.15) is 40.5 Å². The Morgan fingerprint density at radius 1 is 1.55 bits per heavy atom. The fraction of sp³-hybridized carbons (Fsp3) is 1.00. The lowest BCUT2D eigenvalue weighted by molar-refractivity contribution is -0.0361. The molecule has 0 bridgehead atoms. The summed E-state index contributed by atoms with van der Waals surface area (Å²) in [6.07, 6.45) is 2.41. The first-order chi connectivity index (χ1) is 5.10. The van der Waals surface area contributed by atoms with Gasteiger partial charge in [-0.2, -0.15) is 0 Å². The van der Waals surface area contributed by atoms with E-state index in [1.54, 1.807) is 0 Å². The Balaban J connectivity index is 2.62. The van der Waals surface area contributed by atoms with E-state index in [1.165, 1.54) is 6.42 Å². The quantitative estimate of drug-likeness (QED) is 0.597. The summed E-state index contributed by atoms with van der Waals surface area (Å²) in [6, 6.07) is 0. The van der Waals surface area contributed by atoms with Crippen molar-refractivity contribution in [1.29, 1.82) is 0 Å². The molecule has 1 rings (SSSR count). The van der Waals surface area contributed by atoms with Crippen LogP contribution < -0.4 is 0 Å². The molecule has 0 aliphatic carbocycles. The van der Waals surface area contributed by atoms with E-state index in [-0.39, 0.29) is 5.60 Å². The summed E-state index contributed by atoms with van der Waals surface area (Å²) in [5, 5.41) is 0. The topological polar surface area (TPSA) is 9.23 Å². The van der Waals surface area contributed by atoms with Crippen molar-refractivity contribution in [1.82, 2.24) is 0 Å². The summed E-state index contributed by atoms with van der Waals surface area (Å²) < 4.78 is 5.86. The first-order valence-corrected chi connectivity index (χ1v) is 4.74. The highest BCUT2D eigenvalue weighted by molar-refractivity contribution is 4.89. The molecule has 0 aromatic rings. The van der Waals surface area contributed by atoms with E-state index in [2.05, 4.69) is 27.7 Å². The molecule has 0 amide bonds. The molecule has 1 heterocycles. The molecule has 2 unspecified atom stereocenters. The Labute approximate surface area is 70.1 Å². The van der Waals surface area contributed by atoms with Gasteiger partial charge in [0.2, 0.25) is 0 Å². The molecule has 1 nitrogen and oxygen atoms in total. The second kappa shape index (κ2) is 3.14. The average molecular weight is 156 g/mol. The van der Waals surface area contributed by atoms with Crippen molar-refractivity contribution in [2.24, 2.45) is 11.8 Å². The minimum absolute atomic E-state index is 0.208. The highest BCUT2D eigenvalue weighted by atomic mass is 16.5. The molecule has 1 saturated heterocycles. The molecule has 2 atom stereocenters. The zero-order valence-electron chi connectivity index (χ0n) is 8.18. The van der Waals surface area contributed by atoms with Gasteiger partial charge in [0.05, 0.1) is 5.60 Å². The Morgan fingerprint density at radius 3 is 2.36 bits per heavy atom. The lowest BCUT2D eigenvalue weighted by Gasteiger charge is -2.31. The van der Waals surface area contributed by atoms with Crippen LogP contribution in [-0.4, -0.2) is 12.2 Å². The molecule has 0 spiro atoms. The zero-order valence-corrected chi connectivity index (χ0v) is 8.18. The molecule has 0 N–H and O–H groups in total. The fourth-order valence-corrected chi connectivity index (χ4v) is 2.07. The van der Waals surface area contributed by atoms with E-state index in [1.807, 2.05) is 0 Å². The normalized spacial score (nSPS) is 38.5. The highest BCUT2D eigenvalue weighted by Crippen LogP contribution is 2.38. The van der Waals surface area contributed by atoms with Crippen molar-refractivity contribution >= 4 is 0 Å². The largest absolute Gasteiger partial charge is 0.374 e. The van der Waals surface area contributed by atoms with Crippen LogP contribution in [0, 0.1) is 11.8 Å². The molecule has 0 saturated carbocycles. The molecule has 66 valence electrons.